The summed E-state index contributed by atoms with van der Waals surface area (Å²) in [7, 11) is 0. The van der Waals surface area contributed by atoms with Gasteiger partial charge in [0, 0.05) is 23.7 Å². The summed E-state index contributed by atoms with van der Waals surface area (Å²) in [6, 6.07) is 0. The van der Waals surface area contributed by atoms with Gasteiger partial charge in [-0.05, 0) is 6.92 Å². The zero-order chi connectivity index (χ0) is 14.7. The summed E-state index contributed by atoms with van der Waals surface area (Å²) < 4.78 is 0. The van der Waals surface area contributed by atoms with Crippen LogP contribution in [0.25, 0.3) is 0 Å². The number of aromatic nitrogens is 4. The molecule has 0 aromatic carbocycles. The van der Waals surface area contributed by atoms with Gasteiger partial charge in [0.2, 0.25) is 0 Å². The van der Waals surface area contributed by atoms with Crippen LogP contribution in [0, 0.1) is 6.92 Å². The highest BCUT2D eigenvalue weighted by molar-refractivity contribution is 5.96. The highest BCUT2D eigenvalue weighted by Gasteiger charge is 2.15. The molecule has 7 heteroatoms. The van der Waals surface area contributed by atoms with Gasteiger partial charge in [-0.2, -0.15) is 5.10 Å². The predicted molar refractivity (Wildman–Crippen MR) is 75.0 cm³/mol. The van der Waals surface area contributed by atoms with Gasteiger partial charge in [-0.1, -0.05) is 13.8 Å². The Labute approximate surface area is 117 Å². The number of carbonyl (C=O) groups excluding carboxylic acids is 1. The van der Waals surface area contributed by atoms with E-state index in [9.17, 15) is 4.79 Å². The number of H-pyrrole nitrogens is 1. The lowest BCUT2D eigenvalue weighted by molar-refractivity contribution is 0.0946. The molecule has 4 N–H and O–H groups in total. The first-order chi connectivity index (χ1) is 9.49. The molecular weight excluding hydrogens is 256 g/mol. The monoisotopic (exact) mass is 274 g/mol. The Kier molecular flexibility index (Phi) is 3.97. The number of nitrogens with two attached hydrogens (primary N) is 1. The van der Waals surface area contributed by atoms with Gasteiger partial charge in [-0.15, -0.1) is 0 Å². The molecule has 0 bridgehead atoms. The Hall–Kier alpha value is -2.44. The molecule has 0 spiro atoms. The van der Waals surface area contributed by atoms with Crippen molar-refractivity contribution in [2.45, 2.75) is 33.2 Å². The lowest BCUT2D eigenvalue weighted by Crippen LogP contribution is -2.26. The number of nitrogen functional groups attached to an aromatic ring is 1. The first-order valence-corrected chi connectivity index (χ1v) is 6.38. The third-order valence-electron chi connectivity index (χ3n) is 2.94. The van der Waals surface area contributed by atoms with Crippen molar-refractivity contribution in [1.82, 2.24) is 25.5 Å². The minimum Gasteiger partial charge on any atom is -0.396 e. The molecule has 0 saturated heterocycles. The normalized spacial score (nSPS) is 10.8. The molecule has 0 aliphatic carbocycles. The van der Waals surface area contributed by atoms with E-state index in [0.717, 1.165) is 11.3 Å². The van der Waals surface area contributed by atoms with E-state index in [1.807, 2.05) is 20.8 Å². The summed E-state index contributed by atoms with van der Waals surface area (Å²) in [5.41, 5.74) is 8.10. The number of aryl methyl sites for hydroxylation is 1. The van der Waals surface area contributed by atoms with Crippen molar-refractivity contribution in [3.8, 4) is 0 Å². The average molecular weight is 274 g/mol. The van der Waals surface area contributed by atoms with Crippen molar-refractivity contribution in [2.75, 3.05) is 5.73 Å². The van der Waals surface area contributed by atoms with Crippen molar-refractivity contribution in [2.24, 2.45) is 0 Å². The molecule has 7 nitrogen and oxygen atoms in total. The zero-order valence-corrected chi connectivity index (χ0v) is 11.8. The second-order valence-electron chi connectivity index (χ2n) is 4.89. The molecule has 20 heavy (non-hydrogen) atoms. The van der Waals surface area contributed by atoms with Crippen LogP contribution in [0.1, 0.15) is 47.3 Å². The first kappa shape index (κ1) is 14.0. The number of nitrogens with one attached hydrogen (secondary N) is 2. The van der Waals surface area contributed by atoms with E-state index in [1.54, 1.807) is 6.20 Å². The lowest BCUT2D eigenvalue weighted by Gasteiger charge is -2.09. The highest BCUT2D eigenvalue weighted by atomic mass is 16.1. The smallest absolute Gasteiger partial charge is 0.272 e. The molecule has 1 amide bonds. The van der Waals surface area contributed by atoms with Crippen LogP contribution >= 0.6 is 0 Å². The van der Waals surface area contributed by atoms with Gasteiger partial charge in [-0.3, -0.25) is 9.89 Å². The number of hydrogen-bond acceptors (Lipinski definition) is 5. The number of anilines is 1. The van der Waals surface area contributed by atoms with E-state index in [2.05, 4.69) is 25.5 Å². The van der Waals surface area contributed by atoms with Crippen LogP contribution in [0.2, 0.25) is 0 Å². The van der Waals surface area contributed by atoms with E-state index in [1.165, 1.54) is 6.20 Å². The number of nitrogens with zero attached hydrogens (tertiary/aromatic N) is 3. The standard InChI is InChI=1S/C13H18N6O/c1-7(2)12-15-6-10(14)11(18-12)13(20)16-4-9-5-17-19-8(9)3/h5-7H,4,14H2,1-3H3,(H,16,20)(H,17,19). The Morgan fingerprint density at radius 3 is 2.80 bits per heavy atom. The second-order valence-corrected chi connectivity index (χ2v) is 4.89. The van der Waals surface area contributed by atoms with Gasteiger partial charge in [-0.25, -0.2) is 9.97 Å². The maximum absolute atomic E-state index is 12.1. The number of aromatic amines is 1. The molecule has 0 unspecified atom stereocenters. The second kappa shape index (κ2) is 5.68. The van der Waals surface area contributed by atoms with E-state index in [-0.39, 0.29) is 23.2 Å². The molecule has 0 aliphatic rings. The summed E-state index contributed by atoms with van der Waals surface area (Å²) >= 11 is 0. The Morgan fingerprint density at radius 2 is 2.20 bits per heavy atom. The van der Waals surface area contributed by atoms with Crippen molar-refractivity contribution in [3.63, 3.8) is 0 Å². The Bertz CT molecular complexity index is 619. The number of carbonyl (C=O) groups is 1. The number of rotatable bonds is 4. The minimum atomic E-state index is -0.313. The zero-order valence-electron chi connectivity index (χ0n) is 11.8. The molecule has 0 fully saturated rings. The number of amides is 1. The molecule has 2 aromatic heterocycles. The predicted octanol–water partition coefficient (Wildman–Crippen LogP) is 1.14. The van der Waals surface area contributed by atoms with E-state index in [0.29, 0.717) is 12.4 Å². The highest BCUT2D eigenvalue weighted by Crippen LogP contribution is 2.13. The fraction of sp³-hybridized carbons (Fsp3) is 0.385. The molecule has 2 aromatic rings. The summed E-state index contributed by atoms with van der Waals surface area (Å²) in [4.78, 5) is 20.5. The van der Waals surface area contributed by atoms with Crippen LogP contribution in [0.4, 0.5) is 5.69 Å². The topological polar surface area (TPSA) is 110 Å². The Morgan fingerprint density at radius 1 is 1.45 bits per heavy atom. The first-order valence-electron chi connectivity index (χ1n) is 6.38. The maximum atomic E-state index is 12.1. The van der Waals surface area contributed by atoms with Crippen LogP contribution in [-0.2, 0) is 6.54 Å². The molecule has 2 rings (SSSR count). The van der Waals surface area contributed by atoms with Crippen LogP contribution in [0.5, 0.6) is 0 Å². The van der Waals surface area contributed by atoms with Crippen LogP contribution < -0.4 is 11.1 Å². The molecule has 0 saturated carbocycles. The minimum absolute atomic E-state index is 0.137. The number of hydrogen-bond donors (Lipinski definition) is 3. The SMILES string of the molecule is Cc1[nH]ncc1CNC(=O)c1nc(C(C)C)ncc1N. The van der Waals surface area contributed by atoms with Gasteiger partial charge in [0.1, 0.15) is 5.82 Å². The summed E-state index contributed by atoms with van der Waals surface area (Å²) in [5, 5.41) is 9.50. The lowest BCUT2D eigenvalue weighted by atomic mass is 10.2. The van der Waals surface area contributed by atoms with Crippen molar-refractivity contribution < 1.29 is 4.79 Å². The molecule has 0 atom stereocenters. The van der Waals surface area contributed by atoms with E-state index >= 15 is 0 Å². The van der Waals surface area contributed by atoms with Gasteiger partial charge in [0.05, 0.1) is 18.1 Å². The Balaban J connectivity index is 2.13. The van der Waals surface area contributed by atoms with Crippen molar-refractivity contribution >= 4 is 11.6 Å². The van der Waals surface area contributed by atoms with Gasteiger partial charge < -0.3 is 11.1 Å². The summed E-state index contributed by atoms with van der Waals surface area (Å²) in [5.74, 6) is 0.425. The van der Waals surface area contributed by atoms with Crippen LogP contribution in [0.15, 0.2) is 12.4 Å². The summed E-state index contributed by atoms with van der Waals surface area (Å²) in [6.07, 6.45) is 3.15. The largest absolute Gasteiger partial charge is 0.396 e. The fourth-order valence-corrected chi connectivity index (χ4v) is 1.68. The van der Waals surface area contributed by atoms with Crippen molar-refractivity contribution in [1.29, 1.82) is 0 Å². The van der Waals surface area contributed by atoms with E-state index < -0.39 is 0 Å². The molecular formula is C13H18N6O. The maximum Gasteiger partial charge on any atom is 0.272 e. The van der Waals surface area contributed by atoms with E-state index in [4.69, 9.17) is 5.73 Å². The third kappa shape index (κ3) is 2.93. The van der Waals surface area contributed by atoms with Gasteiger partial charge in [0.15, 0.2) is 5.69 Å². The molecule has 2 heterocycles. The summed E-state index contributed by atoms with van der Waals surface area (Å²) in [6.45, 7) is 6.19. The van der Waals surface area contributed by atoms with Crippen LogP contribution in [0.3, 0.4) is 0 Å². The van der Waals surface area contributed by atoms with Crippen LogP contribution in [-0.4, -0.2) is 26.1 Å². The van der Waals surface area contributed by atoms with Gasteiger partial charge >= 0.3 is 0 Å². The van der Waals surface area contributed by atoms with Crippen molar-refractivity contribution in [3.05, 3.63) is 35.2 Å². The third-order valence-corrected chi connectivity index (χ3v) is 2.94. The van der Waals surface area contributed by atoms with Gasteiger partial charge in [0.25, 0.3) is 5.91 Å². The fourth-order valence-electron chi connectivity index (χ4n) is 1.68. The molecule has 0 radical (unpaired) electrons. The molecule has 0 aliphatic heterocycles. The average Bonchev–Trinajstić information content (AvgIpc) is 2.81. The quantitative estimate of drug-likeness (QED) is 0.774. The molecule has 106 valence electrons.